The molecule has 0 radical (unpaired) electrons. The predicted molar refractivity (Wildman–Crippen MR) is 91.7 cm³/mol. The molecule has 0 bridgehead atoms. The summed E-state index contributed by atoms with van der Waals surface area (Å²) in [6.45, 7) is 4.82. The first-order valence-corrected chi connectivity index (χ1v) is 7.84. The molecule has 1 unspecified atom stereocenters. The van der Waals surface area contributed by atoms with Crippen molar-refractivity contribution in [2.75, 3.05) is 26.0 Å². The summed E-state index contributed by atoms with van der Waals surface area (Å²) in [5, 5.41) is 16.2. The molecule has 0 spiro atoms. The summed E-state index contributed by atoms with van der Waals surface area (Å²) in [5.41, 5.74) is 0.353. The van der Waals surface area contributed by atoms with E-state index >= 15 is 0 Å². The highest BCUT2D eigenvalue weighted by Gasteiger charge is 2.21. The van der Waals surface area contributed by atoms with Gasteiger partial charge in [-0.15, -0.1) is 0 Å². The Morgan fingerprint density at radius 2 is 1.96 bits per heavy atom. The van der Waals surface area contributed by atoms with Crippen LogP contribution < -0.4 is 10.6 Å². The van der Waals surface area contributed by atoms with Crippen LogP contribution in [0.15, 0.2) is 24.3 Å². The Hall–Kier alpha value is -2.15. The molecular weight excluding hydrogens is 296 g/mol. The Morgan fingerprint density at radius 3 is 2.48 bits per heavy atom. The van der Waals surface area contributed by atoms with Crippen molar-refractivity contribution in [1.29, 1.82) is 0 Å². The topological polar surface area (TPSA) is 87.5 Å². The second-order valence-electron chi connectivity index (χ2n) is 5.75. The number of hydrogen-bond acceptors (Lipinski definition) is 4. The number of likely N-dealkylation sites (N-methyl/N-ethyl adjacent to an activating group) is 1. The van der Waals surface area contributed by atoms with Crippen molar-refractivity contribution in [3.63, 3.8) is 0 Å². The number of urea groups is 1. The van der Waals surface area contributed by atoms with Gasteiger partial charge in [0.15, 0.2) is 0 Å². The van der Waals surface area contributed by atoms with Crippen molar-refractivity contribution < 1.29 is 9.72 Å². The number of rotatable bonds is 8. The highest BCUT2D eigenvalue weighted by atomic mass is 16.6. The van der Waals surface area contributed by atoms with Crippen LogP contribution in [0.1, 0.15) is 26.7 Å². The number of carbonyl (C=O) groups excluding carboxylic acids is 1. The fraction of sp³-hybridized carbons (Fsp3) is 0.562. The minimum atomic E-state index is -0.488. The summed E-state index contributed by atoms with van der Waals surface area (Å²) in [6, 6.07) is 5.78. The monoisotopic (exact) mass is 322 g/mol. The van der Waals surface area contributed by atoms with Gasteiger partial charge in [0.1, 0.15) is 0 Å². The first-order valence-electron chi connectivity index (χ1n) is 7.84. The maximum atomic E-state index is 12.0. The lowest BCUT2D eigenvalue weighted by molar-refractivity contribution is -0.384. The number of nitrogens with zero attached hydrogens (tertiary/aromatic N) is 2. The fourth-order valence-corrected chi connectivity index (χ4v) is 2.67. The zero-order chi connectivity index (χ0) is 17.4. The highest BCUT2D eigenvalue weighted by molar-refractivity contribution is 5.89. The van der Waals surface area contributed by atoms with E-state index in [9.17, 15) is 14.9 Å². The molecule has 0 fully saturated rings. The van der Waals surface area contributed by atoms with Crippen LogP contribution in [0.25, 0.3) is 0 Å². The van der Waals surface area contributed by atoms with E-state index < -0.39 is 4.92 Å². The number of hydrogen-bond donors (Lipinski definition) is 2. The standard InChI is InChI=1S/C16H26N4O3/c1-5-12(6-2)15(19(3)4)11-17-16(21)18-13-8-7-9-14(10-13)20(22)23/h7-10,12,15H,5-6,11H2,1-4H3,(H2,17,18,21). The van der Waals surface area contributed by atoms with Crippen molar-refractivity contribution in [2.45, 2.75) is 32.7 Å². The van der Waals surface area contributed by atoms with E-state index in [1.165, 1.54) is 12.1 Å². The van der Waals surface area contributed by atoms with Crippen molar-refractivity contribution in [3.8, 4) is 0 Å². The van der Waals surface area contributed by atoms with Gasteiger partial charge in [-0.2, -0.15) is 0 Å². The number of amides is 2. The number of nitro benzene ring substituents is 1. The Balaban J connectivity index is 2.62. The van der Waals surface area contributed by atoms with E-state index in [-0.39, 0.29) is 17.8 Å². The molecule has 2 amide bonds. The largest absolute Gasteiger partial charge is 0.336 e. The maximum absolute atomic E-state index is 12.0. The molecule has 2 N–H and O–H groups in total. The van der Waals surface area contributed by atoms with Crippen LogP contribution in [0.3, 0.4) is 0 Å². The molecule has 0 heterocycles. The Labute approximate surface area is 137 Å². The SMILES string of the molecule is CCC(CC)C(CNC(=O)Nc1cccc([N+](=O)[O-])c1)N(C)C. The summed E-state index contributed by atoms with van der Waals surface area (Å²) in [5.74, 6) is 0.503. The zero-order valence-corrected chi connectivity index (χ0v) is 14.2. The van der Waals surface area contributed by atoms with Crippen LogP contribution in [-0.4, -0.2) is 42.5 Å². The van der Waals surface area contributed by atoms with Gasteiger partial charge >= 0.3 is 6.03 Å². The number of non-ortho nitro benzene ring substituents is 1. The minimum absolute atomic E-state index is 0.0500. The van der Waals surface area contributed by atoms with E-state index in [4.69, 9.17) is 0 Å². The molecule has 1 rings (SSSR count). The third-order valence-electron chi connectivity index (χ3n) is 4.04. The molecule has 0 aromatic heterocycles. The molecule has 0 aliphatic heterocycles. The zero-order valence-electron chi connectivity index (χ0n) is 14.2. The number of nitro groups is 1. The van der Waals surface area contributed by atoms with Crippen molar-refractivity contribution in [3.05, 3.63) is 34.4 Å². The summed E-state index contributed by atoms with van der Waals surface area (Å²) in [7, 11) is 4.01. The van der Waals surface area contributed by atoms with Gasteiger partial charge < -0.3 is 15.5 Å². The first-order chi connectivity index (χ1) is 10.9. The molecule has 1 aromatic carbocycles. The molecule has 1 atom stereocenters. The van der Waals surface area contributed by atoms with Crippen LogP contribution in [0.4, 0.5) is 16.2 Å². The average Bonchev–Trinajstić information content (AvgIpc) is 2.51. The summed E-state index contributed by atoms with van der Waals surface area (Å²) < 4.78 is 0. The van der Waals surface area contributed by atoms with Crippen molar-refractivity contribution in [2.24, 2.45) is 5.92 Å². The van der Waals surface area contributed by atoms with Gasteiger partial charge in [-0.3, -0.25) is 10.1 Å². The van der Waals surface area contributed by atoms with Crippen LogP contribution in [0.5, 0.6) is 0 Å². The molecular formula is C16H26N4O3. The highest BCUT2D eigenvalue weighted by Crippen LogP contribution is 2.18. The third-order valence-corrected chi connectivity index (χ3v) is 4.04. The third kappa shape index (κ3) is 5.86. The number of nitrogens with one attached hydrogen (secondary N) is 2. The van der Waals surface area contributed by atoms with Crippen LogP contribution in [0.2, 0.25) is 0 Å². The Bertz CT molecular complexity index is 530. The molecule has 0 saturated carbocycles. The molecule has 0 aliphatic carbocycles. The van der Waals surface area contributed by atoms with Gasteiger partial charge in [0, 0.05) is 30.4 Å². The van der Waals surface area contributed by atoms with Gasteiger partial charge in [-0.05, 0) is 26.1 Å². The van der Waals surface area contributed by atoms with E-state index in [1.807, 2.05) is 14.1 Å². The van der Waals surface area contributed by atoms with Crippen molar-refractivity contribution >= 4 is 17.4 Å². The molecule has 23 heavy (non-hydrogen) atoms. The van der Waals surface area contributed by atoms with E-state index in [2.05, 4.69) is 29.4 Å². The molecule has 128 valence electrons. The Kier molecular flexibility index (Phi) is 7.47. The van der Waals surface area contributed by atoms with Crippen molar-refractivity contribution in [1.82, 2.24) is 10.2 Å². The van der Waals surface area contributed by atoms with Gasteiger partial charge in [0.25, 0.3) is 5.69 Å². The normalized spacial score (nSPS) is 12.3. The van der Waals surface area contributed by atoms with Gasteiger partial charge in [-0.1, -0.05) is 32.8 Å². The molecule has 7 heteroatoms. The van der Waals surface area contributed by atoms with Crippen LogP contribution in [0, 0.1) is 16.0 Å². The van der Waals surface area contributed by atoms with E-state index in [0.29, 0.717) is 18.2 Å². The summed E-state index contributed by atoms with van der Waals surface area (Å²) in [6.07, 6.45) is 2.10. The fourth-order valence-electron chi connectivity index (χ4n) is 2.67. The lowest BCUT2D eigenvalue weighted by Crippen LogP contribution is -2.45. The quantitative estimate of drug-likeness (QED) is 0.569. The predicted octanol–water partition coefficient (Wildman–Crippen LogP) is 3.08. The van der Waals surface area contributed by atoms with E-state index in [0.717, 1.165) is 12.8 Å². The number of benzene rings is 1. The summed E-state index contributed by atoms with van der Waals surface area (Å²) in [4.78, 5) is 24.4. The first kappa shape index (κ1) is 18.9. The lowest BCUT2D eigenvalue weighted by Gasteiger charge is -2.31. The molecule has 7 nitrogen and oxygen atoms in total. The number of carbonyl (C=O) groups is 1. The molecule has 0 aliphatic rings. The molecule has 1 aromatic rings. The number of anilines is 1. The van der Waals surface area contributed by atoms with Gasteiger partial charge in [-0.25, -0.2) is 4.79 Å². The lowest BCUT2D eigenvalue weighted by atomic mass is 9.93. The summed E-state index contributed by atoms with van der Waals surface area (Å²) >= 11 is 0. The van der Waals surface area contributed by atoms with Gasteiger partial charge in [0.2, 0.25) is 0 Å². The minimum Gasteiger partial charge on any atom is -0.336 e. The second kappa shape index (κ2) is 9.09. The Morgan fingerprint density at radius 1 is 1.30 bits per heavy atom. The van der Waals surface area contributed by atoms with E-state index in [1.54, 1.807) is 12.1 Å². The second-order valence-corrected chi connectivity index (χ2v) is 5.75. The average molecular weight is 322 g/mol. The molecule has 0 saturated heterocycles. The van der Waals surface area contributed by atoms with Gasteiger partial charge in [0.05, 0.1) is 4.92 Å². The van der Waals surface area contributed by atoms with Crippen LogP contribution in [-0.2, 0) is 0 Å². The maximum Gasteiger partial charge on any atom is 0.319 e. The van der Waals surface area contributed by atoms with Crippen LogP contribution >= 0.6 is 0 Å². The smallest absolute Gasteiger partial charge is 0.319 e.